The summed E-state index contributed by atoms with van der Waals surface area (Å²) in [5.74, 6) is -2.68. The molecule has 0 bridgehead atoms. The molecule has 2 amide bonds. The standard InChI is InChI=1S/C25H20F2N2O4/c1-14-4-6-15(7-5-14)22-23(28-20-11-9-17(32-2)13-21(20)33-3)25(31)29(24(22)30)16-8-10-18(26)19(27)12-16/h4-13,28H,1-3H3. The van der Waals surface area contributed by atoms with E-state index < -0.39 is 23.4 Å². The van der Waals surface area contributed by atoms with E-state index in [-0.39, 0.29) is 17.0 Å². The maximum Gasteiger partial charge on any atom is 0.282 e. The summed E-state index contributed by atoms with van der Waals surface area (Å²) >= 11 is 0. The number of nitrogens with zero attached hydrogens (tertiary/aromatic N) is 1. The fraction of sp³-hybridized carbons (Fsp3) is 0.120. The van der Waals surface area contributed by atoms with E-state index in [0.717, 1.165) is 22.6 Å². The molecule has 1 N–H and O–H groups in total. The molecule has 0 aromatic heterocycles. The average molecular weight is 450 g/mol. The molecule has 0 saturated carbocycles. The minimum atomic E-state index is -1.16. The van der Waals surface area contributed by atoms with Crippen molar-refractivity contribution in [3.63, 3.8) is 0 Å². The summed E-state index contributed by atoms with van der Waals surface area (Å²) in [7, 11) is 2.98. The molecule has 3 aromatic rings. The number of anilines is 2. The first-order chi connectivity index (χ1) is 15.8. The Kier molecular flexibility index (Phi) is 5.83. The highest BCUT2D eigenvalue weighted by atomic mass is 19.2. The zero-order valence-corrected chi connectivity index (χ0v) is 18.1. The zero-order chi connectivity index (χ0) is 23.7. The van der Waals surface area contributed by atoms with Gasteiger partial charge in [0.25, 0.3) is 11.8 Å². The lowest BCUT2D eigenvalue weighted by molar-refractivity contribution is -0.120. The van der Waals surface area contributed by atoms with Gasteiger partial charge in [0.05, 0.1) is 31.2 Å². The van der Waals surface area contributed by atoms with Crippen molar-refractivity contribution in [1.82, 2.24) is 0 Å². The molecule has 0 fully saturated rings. The second-order valence-electron chi connectivity index (χ2n) is 7.35. The Morgan fingerprint density at radius 2 is 1.55 bits per heavy atom. The van der Waals surface area contributed by atoms with Crippen molar-refractivity contribution in [2.24, 2.45) is 0 Å². The fourth-order valence-electron chi connectivity index (χ4n) is 3.53. The Morgan fingerprint density at radius 1 is 0.818 bits per heavy atom. The van der Waals surface area contributed by atoms with Crippen molar-refractivity contribution >= 4 is 28.8 Å². The van der Waals surface area contributed by atoms with Gasteiger partial charge in [0.1, 0.15) is 17.2 Å². The Balaban J connectivity index is 1.84. The van der Waals surface area contributed by atoms with E-state index in [4.69, 9.17) is 9.47 Å². The summed E-state index contributed by atoms with van der Waals surface area (Å²) < 4.78 is 37.9. The van der Waals surface area contributed by atoms with Crippen LogP contribution in [0.4, 0.5) is 20.2 Å². The third-order valence-corrected chi connectivity index (χ3v) is 5.25. The van der Waals surface area contributed by atoms with Crippen LogP contribution in [0.25, 0.3) is 5.57 Å². The molecule has 1 aliphatic rings. The maximum absolute atomic E-state index is 13.9. The predicted molar refractivity (Wildman–Crippen MR) is 120 cm³/mol. The van der Waals surface area contributed by atoms with Gasteiger partial charge in [-0.15, -0.1) is 0 Å². The van der Waals surface area contributed by atoms with E-state index in [0.29, 0.717) is 22.7 Å². The molecule has 0 radical (unpaired) electrons. The summed E-state index contributed by atoms with van der Waals surface area (Å²) in [6.45, 7) is 1.90. The predicted octanol–water partition coefficient (Wildman–Crippen LogP) is 4.69. The van der Waals surface area contributed by atoms with Gasteiger partial charge >= 0.3 is 0 Å². The lowest BCUT2D eigenvalue weighted by atomic mass is 10.0. The number of carbonyl (C=O) groups excluding carboxylic acids is 2. The second-order valence-corrected chi connectivity index (χ2v) is 7.35. The molecule has 6 nitrogen and oxygen atoms in total. The van der Waals surface area contributed by atoms with Crippen LogP contribution in [-0.4, -0.2) is 26.0 Å². The minimum absolute atomic E-state index is 0.0166. The Labute approximate surface area is 189 Å². The van der Waals surface area contributed by atoms with Crippen molar-refractivity contribution in [1.29, 1.82) is 0 Å². The van der Waals surface area contributed by atoms with Gasteiger partial charge in [0.2, 0.25) is 0 Å². The van der Waals surface area contributed by atoms with Crippen LogP contribution >= 0.6 is 0 Å². The molecule has 8 heteroatoms. The van der Waals surface area contributed by atoms with Crippen LogP contribution in [0, 0.1) is 18.6 Å². The molecule has 0 saturated heterocycles. The average Bonchev–Trinajstić information content (AvgIpc) is 3.06. The van der Waals surface area contributed by atoms with Crippen LogP contribution in [0.15, 0.2) is 66.4 Å². The number of hydrogen-bond acceptors (Lipinski definition) is 5. The van der Waals surface area contributed by atoms with E-state index in [1.165, 1.54) is 20.3 Å². The molecule has 0 spiro atoms. The number of carbonyl (C=O) groups is 2. The normalized spacial score (nSPS) is 13.5. The first-order valence-electron chi connectivity index (χ1n) is 9.98. The van der Waals surface area contributed by atoms with E-state index in [1.807, 2.05) is 19.1 Å². The summed E-state index contributed by atoms with van der Waals surface area (Å²) in [6, 6.07) is 14.9. The largest absolute Gasteiger partial charge is 0.497 e. The van der Waals surface area contributed by atoms with Crippen LogP contribution in [0.1, 0.15) is 11.1 Å². The van der Waals surface area contributed by atoms with Crippen LogP contribution in [0.3, 0.4) is 0 Å². The lowest BCUT2D eigenvalue weighted by Crippen LogP contribution is -2.32. The summed E-state index contributed by atoms with van der Waals surface area (Å²) in [5, 5.41) is 3.00. The van der Waals surface area contributed by atoms with Crippen molar-refractivity contribution in [3.8, 4) is 11.5 Å². The number of amides is 2. The number of hydrogen-bond donors (Lipinski definition) is 1. The topological polar surface area (TPSA) is 67.9 Å². The zero-order valence-electron chi connectivity index (χ0n) is 18.1. The van der Waals surface area contributed by atoms with E-state index >= 15 is 0 Å². The number of methoxy groups -OCH3 is 2. The summed E-state index contributed by atoms with van der Waals surface area (Å²) in [5.41, 5.74) is 1.90. The third kappa shape index (κ3) is 4.03. The number of aryl methyl sites for hydroxylation is 1. The number of benzene rings is 3. The van der Waals surface area contributed by atoms with Crippen LogP contribution in [-0.2, 0) is 9.59 Å². The Bertz CT molecular complexity index is 1290. The van der Waals surface area contributed by atoms with Crippen molar-refractivity contribution in [2.45, 2.75) is 6.92 Å². The molecule has 1 aliphatic heterocycles. The van der Waals surface area contributed by atoms with Gasteiger partial charge in [0.15, 0.2) is 11.6 Å². The van der Waals surface area contributed by atoms with Crippen molar-refractivity contribution in [3.05, 3.63) is 89.1 Å². The fourth-order valence-corrected chi connectivity index (χ4v) is 3.53. The monoisotopic (exact) mass is 450 g/mol. The van der Waals surface area contributed by atoms with Crippen molar-refractivity contribution < 1.29 is 27.8 Å². The minimum Gasteiger partial charge on any atom is -0.497 e. The van der Waals surface area contributed by atoms with Gasteiger partial charge in [-0.2, -0.15) is 0 Å². The SMILES string of the molecule is COc1ccc(NC2=C(c3ccc(C)cc3)C(=O)N(c3ccc(F)c(F)c3)C2=O)c(OC)c1. The Hall–Kier alpha value is -4.20. The van der Waals surface area contributed by atoms with Crippen LogP contribution in [0.5, 0.6) is 11.5 Å². The number of imide groups is 1. The van der Waals surface area contributed by atoms with Crippen LogP contribution < -0.4 is 19.7 Å². The summed E-state index contributed by atoms with van der Waals surface area (Å²) in [6.07, 6.45) is 0. The Morgan fingerprint density at radius 3 is 2.18 bits per heavy atom. The number of halogens is 2. The molecular weight excluding hydrogens is 430 g/mol. The number of rotatable bonds is 6. The molecule has 33 heavy (non-hydrogen) atoms. The third-order valence-electron chi connectivity index (χ3n) is 5.25. The highest BCUT2D eigenvalue weighted by molar-refractivity contribution is 6.46. The van der Waals surface area contributed by atoms with Gasteiger partial charge in [-0.25, -0.2) is 13.7 Å². The maximum atomic E-state index is 13.9. The molecule has 0 unspecified atom stereocenters. The molecule has 0 atom stereocenters. The molecule has 1 heterocycles. The first kappa shape index (κ1) is 22.0. The van der Waals surface area contributed by atoms with Gasteiger partial charge in [-0.3, -0.25) is 9.59 Å². The van der Waals surface area contributed by atoms with Gasteiger partial charge in [-0.05, 0) is 36.8 Å². The molecule has 0 aliphatic carbocycles. The highest BCUT2D eigenvalue weighted by Crippen LogP contribution is 2.37. The lowest BCUT2D eigenvalue weighted by Gasteiger charge is -2.16. The van der Waals surface area contributed by atoms with E-state index in [9.17, 15) is 18.4 Å². The van der Waals surface area contributed by atoms with Crippen molar-refractivity contribution in [2.75, 3.05) is 24.4 Å². The smallest absolute Gasteiger partial charge is 0.282 e. The van der Waals surface area contributed by atoms with Crippen LogP contribution in [0.2, 0.25) is 0 Å². The molecule has 3 aromatic carbocycles. The van der Waals surface area contributed by atoms with E-state index in [2.05, 4.69) is 5.32 Å². The molecular formula is C25H20F2N2O4. The van der Waals surface area contributed by atoms with E-state index in [1.54, 1.807) is 30.3 Å². The number of ether oxygens (including phenoxy) is 2. The summed E-state index contributed by atoms with van der Waals surface area (Å²) in [4.78, 5) is 27.6. The van der Waals surface area contributed by atoms with Gasteiger partial charge in [0, 0.05) is 12.1 Å². The quantitative estimate of drug-likeness (QED) is 0.552. The van der Waals surface area contributed by atoms with Gasteiger partial charge in [-0.1, -0.05) is 29.8 Å². The first-order valence-corrected chi connectivity index (χ1v) is 9.98. The number of nitrogens with one attached hydrogen (secondary N) is 1. The molecule has 168 valence electrons. The van der Waals surface area contributed by atoms with Gasteiger partial charge < -0.3 is 14.8 Å². The second kappa shape index (κ2) is 8.74. The highest BCUT2D eigenvalue weighted by Gasteiger charge is 2.40. The molecule has 4 rings (SSSR count).